The van der Waals surface area contributed by atoms with Crippen LogP contribution >= 0.6 is 11.6 Å². The zero-order valence-electron chi connectivity index (χ0n) is 7.50. The number of halogens is 1. The minimum absolute atomic E-state index is 0.243. The Morgan fingerprint density at radius 3 is 2.77 bits per heavy atom. The van der Waals surface area contributed by atoms with Gasteiger partial charge in [-0.1, -0.05) is 6.42 Å². The van der Waals surface area contributed by atoms with E-state index in [1.54, 1.807) is 6.26 Å². The number of likely N-dealkylation sites (tertiary alicyclic amines) is 1. The summed E-state index contributed by atoms with van der Waals surface area (Å²) in [6.07, 6.45) is 5.59. The molecule has 0 bridgehead atoms. The molecule has 0 saturated carbocycles. The van der Waals surface area contributed by atoms with E-state index in [9.17, 15) is 0 Å². The van der Waals surface area contributed by atoms with Gasteiger partial charge in [-0.05, 0) is 37.5 Å². The maximum absolute atomic E-state index is 5.58. The molecule has 0 spiro atoms. The lowest BCUT2D eigenvalue weighted by Crippen LogP contribution is -2.29. The van der Waals surface area contributed by atoms with Gasteiger partial charge in [-0.3, -0.25) is 4.90 Å². The fourth-order valence-electron chi connectivity index (χ4n) is 1.70. The van der Waals surface area contributed by atoms with Crippen molar-refractivity contribution in [3.8, 4) is 0 Å². The molecule has 1 fully saturated rings. The Labute approximate surface area is 82.7 Å². The summed E-state index contributed by atoms with van der Waals surface area (Å²) >= 11 is 5.58. The van der Waals surface area contributed by atoms with Crippen molar-refractivity contribution in [2.45, 2.75) is 25.8 Å². The standard InChI is InChI=1S/C9H13ClN2O/c10-9-11-8(7-13-9)6-12-4-2-1-3-5-12/h7H,1-6H2. The lowest BCUT2D eigenvalue weighted by molar-refractivity contribution is 0.218. The quantitative estimate of drug-likeness (QED) is 0.734. The Hall–Kier alpha value is -0.540. The van der Waals surface area contributed by atoms with Gasteiger partial charge in [0, 0.05) is 6.54 Å². The van der Waals surface area contributed by atoms with Crippen LogP contribution in [0.5, 0.6) is 0 Å². The van der Waals surface area contributed by atoms with E-state index < -0.39 is 0 Å². The fraction of sp³-hybridized carbons (Fsp3) is 0.667. The van der Waals surface area contributed by atoms with Crippen LogP contribution in [-0.4, -0.2) is 23.0 Å². The first-order valence-corrected chi connectivity index (χ1v) is 5.04. The first-order valence-electron chi connectivity index (χ1n) is 4.67. The number of piperidine rings is 1. The number of nitrogens with zero attached hydrogens (tertiary/aromatic N) is 2. The van der Waals surface area contributed by atoms with Crippen molar-refractivity contribution in [2.75, 3.05) is 13.1 Å². The smallest absolute Gasteiger partial charge is 0.292 e. The summed E-state index contributed by atoms with van der Waals surface area (Å²) in [5.74, 6) is 0. The SMILES string of the molecule is Clc1nc(CN2CCCCC2)co1. The highest BCUT2D eigenvalue weighted by molar-refractivity contribution is 6.27. The number of oxazole rings is 1. The summed E-state index contributed by atoms with van der Waals surface area (Å²) in [7, 11) is 0. The average Bonchev–Trinajstić information content (AvgIpc) is 2.53. The molecule has 2 rings (SSSR count). The molecule has 1 aromatic heterocycles. The molecule has 1 aromatic rings. The molecule has 0 radical (unpaired) electrons. The van der Waals surface area contributed by atoms with Gasteiger partial charge in [-0.25, -0.2) is 4.98 Å². The van der Waals surface area contributed by atoms with Crippen LogP contribution in [0.25, 0.3) is 0 Å². The van der Waals surface area contributed by atoms with Crippen LogP contribution in [0.3, 0.4) is 0 Å². The van der Waals surface area contributed by atoms with Crippen molar-refractivity contribution in [1.82, 2.24) is 9.88 Å². The Bertz CT molecular complexity index is 268. The number of rotatable bonds is 2. The molecule has 0 aliphatic carbocycles. The third kappa shape index (κ3) is 2.45. The predicted molar refractivity (Wildman–Crippen MR) is 50.6 cm³/mol. The summed E-state index contributed by atoms with van der Waals surface area (Å²) in [6, 6.07) is 0. The van der Waals surface area contributed by atoms with Crippen molar-refractivity contribution >= 4 is 11.6 Å². The largest absolute Gasteiger partial charge is 0.436 e. The average molecular weight is 201 g/mol. The van der Waals surface area contributed by atoms with Crippen molar-refractivity contribution in [3.63, 3.8) is 0 Å². The van der Waals surface area contributed by atoms with Crippen molar-refractivity contribution in [2.24, 2.45) is 0 Å². The van der Waals surface area contributed by atoms with Crippen LogP contribution in [0.4, 0.5) is 0 Å². The molecule has 2 heterocycles. The second kappa shape index (κ2) is 4.11. The van der Waals surface area contributed by atoms with Gasteiger partial charge in [0.05, 0.1) is 5.69 Å². The highest BCUT2D eigenvalue weighted by atomic mass is 35.5. The molecule has 1 aliphatic rings. The first-order chi connectivity index (χ1) is 6.34. The summed E-state index contributed by atoms with van der Waals surface area (Å²) in [5, 5.41) is 0.243. The molecule has 3 nitrogen and oxygen atoms in total. The zero-order chi connectivity index (χ0) is 9.10. The van der Waals surface area contributed by atoms with E-state index >= 15 is 0 Å². The van der Waals surface area contributed by atoms with Gasteiger partial charge in [0.1, 0.15) is 6.26 Å². The molecule has 13 heavy (non-hydrogen) atoms. The summed E-state index contributed by atoms with van der Waals surface area (Å²) in [4.78, 5) is 6.45. The zero-order valence-corrected chi connectivity index (χ0v) is 8.26. The molecule has 4 heteroatoms. The van der Waals surface area contributed by atoms with Gasteiger partial charge < -0.3 is 4.42 Å². The summed E-state index contributed by atoms with van der Waals surface area (Å²) in [6.45, 7) is 3.21. The Morgan fingerprint density at radius 1 is 1.38 bits per heavy atom. The van der Waals surface area contributed by atoms with Gasteiger partial charge in [0.15, 0.2) is 0 Å². The highest BCUT2D eigenvalue weighted by Crippen LogP contribution is 2.14. The Balaban J connectivity index is 1.89. The van der Waals surface area contributed by atoms with E-state index in [0.717, 1.165) is 12.2 Å². The van der Waals surface area contributed by atoms with Crippen LogP contribution in [0.1, 0.15) is 25.0 Å². The number of hydrogen-bond donors (Lipinski definition) is 0. The Kier molecular flexibility index (Phi) is 2.86. The fourth-order valence-corrected chi connectivity index (χ4v) is 1.85. The van der Waals surface area contributed by atoms with Gasteiger partial charge in [0.2, 0.25) is 0 Å². The lowest BCUT2D eigenvalue weighted by atomic mass is 10.1. The van der Waals surface area contributed by atoms with Gasteiger partial charge in [-0.2, -0.15) is 0 Å². The van der Waals surface area contributed by atoms with Crippen LogP contribution in [0.2, 0.25) is 5.35 Å². The van der Waals surface area contributed by atoms with E-state index in [2.05, 4.69) is 9.88 Å². The minimum Gasteiger partial charge on any atom is -0.436 e. The molecule has 0 atom stereocenters. The molecule has 1 aliphatic heterocycles. The van der Waals surface area contributed by atoms with E-state index in [1.165, 1.54) is 32.4 Å². The third-order valence-corrected chi connectivity index (χ3v) is 2.53. The molecule has 72 valence electrons. The van der Waals surface area contributed by atoms with E-state index in [1.807, 2.05) is 0 Å². The van der Waals surface area contributed by atoms with Crippen LogP contribution in [-0.2, 0) is 6.54 Å². The van der Waals surface area contributed by atoms with Crippen molar-refractivity contribution in [3.05, 3.63) is 17.3 Å². The highest BCUT2D eigenvalue weighted by Gasteiger charge is 2.12. The minimum atomic E-state index is 0.243. The molecule has 1 saturated heterocycles. The molecule has 0 amide bonds. The molecule has 0 N–H and O–H groups in total. The second-order valence-corrected chi connectivity index (χ2v) is 3.75. The Morgan fingerprint density at radius 2 is 2.15 bits per heavy atom. The maximum atomic E-state index is 5.58. The normalized spacial score (nSPS) is 19.2. The van der Waals surface area contributed by atoms with E-state index in [4.69, 9.17) is 16.0 Å². The molecular formula is C9H13ClN2O. The molecule has 0 unspecified atom stereocenters. The third-order valence-electron chi connectivity index (χ3n) is 2.36. The van der Waals surface area contributed by atoms with Crippen LogP contribution in [0, 0.1) is 0 Å². The van der Waals surface area contributed by atoms with E-state index in [0.29, 0.717) is 0 Å². The molecular weight excluding hydrogens is 188 g/mol. The van der Waals surface area contributed by atoms with Gasteiger partial charge >= 0.3 is 0 Å². The van der Waals surface area contributed by atoms with Crippen molar-refractivity contribution < 1.29 is 4.42 Å². The lowest BCUT2D eigenvalue weighted by Gasteiger charge is -2.25. The summed E-state index contributed by atoms with van der Waals surface area (Å²) < 4.78 is 4.93. The second-order valence-electron chi connectivity index (χ2n) is 3.43. The number of aromatic nitrogens is 1. The van der Waals surface area contributed by atoms with Crippen molar-refractivity contribution in [1.29, 1.82) is 0 Å². The van der Waals surface area contributed by atoms with Gasteiger partial charge in [-0.15, -0.1) is 0 Å². The monoisotopic (exact) mass is 200 g/mol. The van der Waals surface area contributed by atoms with Crippen LogP contribution in [0.15, 0.2) is 10.7 Å². The molecule has 0 aromatic carbocycles. The topological polar surface area (TPSA) is 29.3 Å². The van der Waals surface area contributed by atoms with Crippen LogP contribution < -0.4 is 0 Å². The summed E-state index contributed by atoms with van der Waals surface area (Å²) in [5.41, 5.74) is 0.937. The van der Waals surface area contributed by atoms with E-state index in [-0.39, 0.29) is 5.35 Å². The predicted octanol–water partition coefficient (Wildman–Crippen LogP) is 2.31. The first kappa shape index (κ1) is 9.03. The maximum Gasteiger partial charge on any atom is 0.292 e. The number of hydrogen-bond acceptors (Lipinski definition) is 3. The van der Waals surface area contributed by atoms with Gasteiger partial charge in [0.25, 0.3) is 5.35 Å².